The number of carbonyl (C=O) groups excluding carboxylic acids is 1. The maximum absolute atomic E-state index is 12.0. The number of hydrogen-bond donors (Lipinski definition) is 2. The third-order valence-corrected chi connectivity index (χ3v) is 4.03. The van der Waals surface area contributed by atoms with Crippen LogP contribution in [0.4, 0.5) is 5.69 Å². The predicted molar refractivity (Wildman–Crippen MR) is 101 cm³/mol. The van der Waals surface area contributed by atoms with Gasteiger partial charge in [0.15, 0.2) is 0 Å². The fraction of sp³-hybridized carbons (Fsp3) is 0.381. The highest BCUT2D eigenvalue weighted by molar-refractivity contribution is 5.92. The second kappa shape index (κ2) is 8.65. The number of rotatable bonds is 7. The normalized spacial score (nSPS) is 12.2. The number of amides is 1. The zero-order valence-electron chi connectivity index (χ0n) is 15.1. The van der Waals surface area contributed by atoms with Crippen molar-refractivity contribution >= 4 is 11.6 Å². The molecule has 2 aromatic rings. The zero-order chi connectivity index (χ0) is 17.5. The van der Waals surface area contributed by atoms with Crippen LogP contribution in [0.5, 0.6) is 0 Å². The fourth-order valence-corrected chi connectivity index (χ4v) is 2.62. The van der Waals surface area contributed by atoms with Gasteiger partial charge >= 0.3 is 0 Å². The van der Waals surface area contributed by atoms with Gasteiger partial charge in [0, 0.05) is 11.7 Å². The number of hydrogen-bond acceptors (Lipinski definition) is 2. The van der Waals surface area contributed by atoms with E-state index in [0.29, 0.717) is 12.5 Å². The van der Waals surface area contributed by atoms with Crippen LogP contribution in [0.2, 0.25) is 0 Å². The van der Waals surface area contributed by atoms with Gasteiger partial charge < -0.3 is 10.6 Å². The van der Waals surface area contributed by atoms with E-state index in [0.717, 1.165) is 12.1 Å². The van der Waals surface area contributed by atoms with Crippen LogP contribution in [-0.2, 0) is 11.2 Å². The third kappa shape index (κ3) is 5.82. The van der Waals surface area contributed by atoms with Crippen LogP contribution in [0.1, 0.15) is 43.5 Å². The first kappa shape index (κ1) is 18.2. The van der Waals surface area contributed by atoms with E-state index in [2.05, 4.69) is 55.7 Å². The van der Waals surface area contributed by atoms with Crippen LogP contribution in [0, 0.1) is 12.8 Å². The average molecular weight is 324 g/mol. The summed E-state index contributed by atoms with van der Waals surface area (Å²) >= 11 is 0. The lowest BCUT2D eigenvalue weighted by Crippen LogP contribution is -2.30. The Morgan fingerprint density at radius 3 is 2.17 bits per heavy atom. The highest BCUT2D eigenvalue weighted by Gasteiger charge is 2.08. The summed E-state index contributed by atoms with van der Waals surface area (Å²) in [6.45, 7) is 8.86. The highest BCUT2D eigenvalue weighted by Crippen LogP contribution is 2.15. The smallest absolute Gasteiger partial charge is 0.238 e. The molecule has 0 radical (unpaired) electrons. The zero-order valence-corrected chi connectivity index (χ0v) is 15.1. The van der Waals surface area contributed by atoms with E-state index in [9.17, 15) is 4.79 Å². The second-order valence-electron chi connectivity index (χ2n) is 6.86. The molecule has 128 valence electrons. The number of anilines is 1. The van der Waals surface area contributed by atoms with Crippen molar-refractivity contribution in [3.63, 3.8) is 0 Å². The van der Waals surface area contributed by atoms with Crippen molar-refractivity contribution in [3.05, 3.63) is 65.2 Å². The summed E-state index contributed by atoms with van der Waals surface area (Å²) in [6.07, 6.45) is 1.10. The maximum atomic E-state index is 12.0. The van der Waals surface area contributed by atoms with Gasteiger partial charge in [-0.2, -0.15) is 0 Å². The van der Waals surface area contributed by atoms with Gasteiger partial charge in [-0.25, -0.2) is 0 Å². The van der Waals surface area contributed by atoms with Crippen LogP contribution in [0.3, 0.4) is 0 Å². The number of benzene rings is 2. The molecule has 3 nitrogen and oxygen atoms in total. The Morgan fingerprint density at radius 1 is 0.958 bits per heavy atom. The molecule has 24 heavy (non-hydrogen) atoms. The minimum Gasteiger partial charge on any atom is -0.325 e. The van der Waals surface area contributed by atoms with Crippen molar-refractivity contribution in [2.24, 2.45) is 5.92 Å². The molecule has 0 unspecified atom stereocenters. The molecule has 0 aliphatic rings. The molecule has 0 heterocycles. The standard InChI is InChI=1S/C21H28N2O/c1-15(2)13-18-7-9-19(10-8-18)17(4)22-14-21(24)23-20-11-5-16(3)6-12-20/h5-12,15,17,22H,13-14H2,1-4H3,(H,23,24)/t17-/m1/s1. The molecule has 0 saturated heterocycles. The SMILES string of the molecule is Cc1ccc(NC(=O)CN[C@H](C)c2ccc(CC(C)C)cc2)cc1. The van der Waals surface area contributed by atoms with Crippen LogP contribution < -0.4 is 10.6 Å². The lowest BCUT2D eigenvalue weighted by Gasteiger charge is -2.15. The first-order chi connectivity index (χ1) is 11.4. The minimum absolute atomic E-state index is 0.0258. The molecule has 2 aromatic carbocycles. The first-order valence-electron chi connectivity index (χ1n) is 8.63. The maximum Gasteiger partial charge on any atom is 0.238 e. The van der Waals surface area contributed by atoms with Crippen LogP contribution in [-0.4, -0.2) is 12.5 Å². The van der Waals surface area contributed by atoms with E-state index in [1.54, 1.807) is 0 Å². The number of nitrogens with one attached hydrogen (secondary N) is 2. The van der Waals surface area contributed by atoms with Crippen LogP contribution in [0.15, 0.2) is 48.5 Å². The lowest BCUT2D eigenvalue weighted by atomic mass is 10.00. The molecule has 0 aliphatic heterocycles. The molecular weight excluding hydrogens is 296 g/mol. The molecule has 1 amide bonds. The Balaban J connectivity index is 1.82. The van der Waals surface area contributed by atoms with Gasteiger partial charge in [0.25, 0.3) is 0 Å². The summed E-state index contributed by atoms with van der Waals surface area (Å²) in [6, 6.07) is 16.6. The number of carbonyl (C=O) groups is 1. The molecule has 1 atom stereocenters. The van der Waals surface area contributed by atoms with Gasteiger partial charge in [-0.15, -0.1) is 0 Å². The Labute approximate surface area is 145 Å². The average Bonchev–Trinajstić information content (AvgIpc) is 2.55. The second-order valence-corrected chi connectivity index (χ2v) is 6.86. The molecule has 0 aliphatic carbocycles. The molecule has 0 bridgehead atoms. The van der Waals surface area contributed by atoms with E-state index >= 15 is 0 Å². The van der Waals surface area contributed by atoms with Gasteiger partial charge in [-0.1, -0.05) is 55.8 Å². The Morgan fingerprint density at radius 2 is 1.58 bits per heavy atom. The van der Waals surface area contributed by atoms with Gasteiger partial charge in [0.2, 0.25) is 5.91 Å². The van der Waals surface area contributed by atoms with Gasteiger partial charge in [0.05, 0.1) is 6.54 Å². The Kier molecular flexibility index (Phi) is 6.56. The Bertz CT molecular complexity index is 645. The van der Waals surface area contributed by atoms with E-state index in [-0.39, 0.29) is 11.9 Å². The van der Waals surface area contributed by atoms with E-state index in [1.807, 2.05) is 31.2 Å². The molecule has 0 spiro atoms. The van der Waals surface area contributed by atoms with E-state index < -0.39 is 0 Å². The minimum atomic E-state index is -0.0258. The summed E-state index contributed by atoms with van der Waals surface area (Å²) in [4.78, 5) is 12.0. The predicted octanol–water partition coefficient (Wildman–Crippen LogP) is 4.48. The highest BCUT2D eigenvalue weighted by atomic mass is 16.1. The monoisotopic (exact) mass is 324 g/mol. The molecule has 3 heteroatoms. The van der Waals surface area contributed by atoms with Crippen molar-refractivity contribution in [1.29, 1.82) is 0 Å². The summed E-state index contributed by atoms with van der Waals surface area (Å²) < 4.78 is 0. The van der Waals surface area contributed by atoms with Gasteiger partial charge in [0.1, 0.15) is 0 Å². The molecule has 2 rings (SSSR count). The molecule has 0 aromatic heterocycles. The summed E-state index contributed by atoms with van der Waals surface area (Å²) in [5, 5.41) is 6.18. The van der Waals surface area contributed by atoms with Crippen molar-refractivity contribution in [2.75, 3.05) is 11.9 Å². The summed E-state index contributed by atoms with van der Waals surface area (Å²) in [5.41, 5.74) is 4.57. The van der Waals surface area contributed by atoms with Crippen LogP contribution >= 0.6 is 0 Å². The summed E-state index contributed by atoms with van der Waals surface area (Å²) in [5.74, 6) is 0.638. The molecular formula is C21H28N2O. The first-order valence-corrected chi connectivity index (χ1v) is 8.63. The van der Waals surface area contributed by atoms with E-state index in [1.165, 1.54) is 16.7 Å². The van der Waals surface area contributed by atoms with Crippen molar-refractivity contribution in [2.45, 2.75) is 40.2 Å². The van der Waals surface area contributed by atoms with Gasteiger partial charge in [-0.3, -0.25) is 4.79 Å². The third-order valence-electron chi connectivity index (χ3n) is 4.03. The number of aryl methyl sites for hydroxylation is 1. The quantitative estimate of drug-likeness (QED) is 0.788. The Hall–Kier alpha value is -2.13. The van der Waals surface area contributed by atoms with Crippen LogP contribution in [0.25, 0.3) is 0 Å². The van der Waals surface area contributed by atoms with Crippen molar-refractivity contribution in [1.82, 2.24) is 5.32 Å². The van der Waals surface area contributed by atoms with Gasteiger partial charge in [-0.05, 0) is 49.4 Å². The molecule has 0 fully saturated rings. The van der Waals surface area contributed by atoms with E-state index in [4.69, 9.17) is 0 Å². The fourth-order valence-electron chi connectivity index (χ4n) is 2.62. The summed E-state index contributed by atoms with van der Waals surface area (Å²) in [7, 11) is 0. The molecule has 0 saturated carbocycles. The van der Waals surface area contributed by atoms with Crippen molar-refractivity contribution in [3.8, 4) is 0 Å². The van der Waals surface area contributed by atoms with Crippen molar-refractivity contribution < 1.29 is 4.79 Å². The topological polar surface area (TPSA) is 41.1 Å². The largest absolute Gasteiger partial charge is 0.325 e. The molecule has 2 N–H and O–H groups in total. The lowest BCUT2D eigenvalue weighted by molar-refractivity contribution is -0.115.